The summed E-state index contributed by atoms with van der Waals surface area (Å²) in [6.45, 7) is 8.69. The summed E-state index contributed by atoms with van der Waals surface area (Å²) in [6.07, 6.45) is 2.46. The van der Waals surface area contributed by atoms with Gasteiger partial charge in [-0.25, -0.2) is 0 Å². The Hall–Kier alpha value is -0.900. The molecule has 21 heavy (non-hydrogen) atoms. The highest BCUT2D eigenvalue weighted by Gasteiger charge is 2.35. The molecule has 0 saturated carbocycles. The number of hydrogen-bond donors (Lipinski definition) is 1. The third-order valence-electron chi connectivity index (χ3n) is 4.78. The Labute approximate surface area is 128 Å². The highest BCUT2D eigenvalue weighted by Crippen LogP contribution is 2.27. The van der Waals surface area contributed by atoms with E-state index in [4.69, 9.17) is 4.74 Å². The highest BCUT2D eigenvalue weighted by molar-refractivity contribution is 5.20. The fourth-order valence-corrected chi connectivity index (χ4v) is 3.72. The molecule has 0 amide bonds. The molecule has 3 heteroatoms. The summed E-state index contributed by atoms with van der Waals surface area (Å²) in [5, 5.41) is 3.76. The van der Waals surface area contributed by atoms with Gasteiger partial charge in [-0.3, -0.25) is 4.90 Å². The van der Waals surface area contributed by atoms with Crippen LogP contribution in [0, 0.1) is 5.92 Å². The maximum absolute atomic E-state index is 5.64. The van der Waals surface area contributed by atoms with E-state index >= 15 is 0 Å². The topological polar surface area (TPSA) is 24.5 Å². The van der Waals surface area contributed by atoms with Gasteiger partial charge in [0, 0.05) is 37.8 Å². The molecule has 3 unspecified atom stereocenters. The Kier molecular flexibility index (Phi) is 4.94. The van der Waals surface area contributed by atoms with Gasteiger partial charge in [0.2, 0.25) is 0 Å². The molecule has 2 aliphatic rings. The molecule has 0 aliphatic carbocycles. The van der Waals surface area contributed by atoms with Crippen LogP contribution in [0.5, 0.6) is 0 Å². The van der Waals surface area contributed by atoms with Gasteiger partial charge in [0.1, 0.15) is 0 Å². The number of ether oxygens (including phenoxy) is 1. The molecule has 1 N–H and O–H groups in total. The van der Waals surface area contributed by atoms with E-state index in [0.717, 1.165) is 32.2 Å². The number of benzene rings is 1. The van der Waals surface area contributed by atoms with Crippen LogP contribution in [0.3, 0.4) is 0 Å². The Morgan fingerprint density at radius 3 is 2.76 bits per heavy atom. The normalized spacial score (nSPS) is 30.9. The van der Waals surface area contributed by atoms with Crippen LogP contribution in [-0.2, 0) is 4.74 Å². The third kappa shape index (κ3) is 3.65. The van der Waals surface area contributed by atoms with Crippen LogP contribution < -0.4 is 5.32 Å². The predicted molar refractivity (Wildman–Crippen MR) is 86.4 cm³/mol. The van der Waals surface area contributed by atoms with E-state index in [1.165, 1.54) is 18.4 Å². The predicted octanol–water partition coefficient (Wildman–Crippen LogP) is 2.84. The lowest BCUT2D eigenvalue weighted by Gasteiger charge is -2.44. The Bertz CT molecular complexity index is 428. The number of rotatable bonds is 4. The number of nitrogens with zero attached hydrogens (tertiary/aromatic N) is 1. The lowest BCUT2D eigenvalue weighted by molar-refractivity contribution is 0.0596. The lowest BCUT2D eigenvalue weighted by atomic mass is 9.94. The minimum Gasteiger partial charge on any atom is -0.380 e. The van der Waals surface area contributed by atoms with Crippen molar-refractivity contribution in [2.24, 2.45) is 5.92 Å². The summed E-state index contributed by atoms with van der Waals surface area (Å²) in [4.78, 5) is 2.72. The fraction of sp³-hybridized carbons (Fsp3) is 0.667. The number of piperazine rings is 1. The maximum Gasteiger partial charge on any atom is 0.0622 e. The molecule has 1 aromatic carbocycles. The zero-order valence-corrected chi connectivity index (χ0v) is 13.3. The first kappa shape index (κ1) is 15.0. The minimum atomic E-state index is 0.454. The van der Waals surface area contributed by atoms with Crippen molar-refractivity contribution in [3.63, 3.8) is 0 Å². The molecule has 2 heterocycles. The molecule has 0 bridgehead atoms. The summed E-state index contributed by atoms with van der Waals surface area (Å²) in [7, 11) is 0. The third-order valence-corrected chi connectivity index (χ3v) is 4.78. The molecule has 3 atom stereocenters. The second-order valence-corrected chi connectivity index (χ2v) is 6.87. The zero-order valence-electron chi connectivity index (χ0n) is 13.3. The lowest BCUT2D eigenvalue weighted by Crippen LogP contribution is -2.56. The monoisotopic (exact) mass is 288 g/mol. The molecule has 0 radical (unpaired) electrons. The van der Waals surface area contributed by atoms with Crippen LogP contribution >= 0.6 is 0 Å². The largest absolute Gasteiger partial charge is 0.380 e. The Morgan fingerprint density at radius 2 is 2.10 bits per heavy atom. The van der Waals surface area contributed by atoms with Crippen LogP contribution in [0.25, 0.3) is 0 Å². The minimum absolute atomic E-state index is 0.454. The zero-order chi connectivity index (χ0) is 14.7. The van der Waals surface area contributed by atoms with Gasteiger partial charge < -0.3 is 10.1 Å². The maximum atomic E-state index is 5.64. The van der Waals surface area contributed by atoms with Crippen molar-refractivity contribution in [3.05, 3.63) is 35.9 Å². The molecule has 116 valence electrons. The van der Waals surface area contributed by atoms with Crippen LogP contribution in [0.2, 0.25) is 0 Å². The molecule has 3 rings (SSSR count). The van der Waals surface area contributed by atoms with Crippen molar-refractivity contribution in [1.82, 2.24) is 10.2 Å². The first-order valence-electron chi connectivity index (χ1n) is 8.36. The number of nitrogens with one attached hydrogen (secondary N) is 1. The number of hydrogen-bond acceptors (Lipinski definition) is 3. The van der Waals surface area contributed by atoms with Crippen LogP contribution in [0.4, 0.5) is 0 Å². The molecule has 0 aromatic heterocycles. The smallest absolute Gasteiger partial charge is 0.0622 e. The van der Waals surface area contributed by atoms with E-state index in [0.29, 0.717) is 18.1 Å². The van der Waals surface area contributed by atoms with Gasteiger partial charge in [-0.2, -0.15) is 0 Å². The average Bonchev–Trinajstić information content (AvgIpc) is 3.02. The van der Waals surface area contributed by atoms with Crippen LogP contribution in [-0.4, -0.2) is 43.3 Å². The van der Waals surface area contributed by atoms with Crippen LogP contribution in [0.15, 0.2) is 30.3 Å². The van der Waals surface area contributed by atoms with Gasteiger partial charge >= 0.3 is 0 Å². The van der Waals surface area contributed by atoms with Crippen molar-refractivity contribution in [3.8, 4) is 0 Å². The van der Waals surface area contributed by atoms with Crippen molar-refractivity contribution >= 4 is 0 Å². The SMILES string of the molecule is CC(C)CC1CNC(c2ccccc2)CN1C1CCOC1. The van der Waals surface area contributed by atoms with Gasteiger partial charge in [-0.05, 0) is 24.3 Å². The van der Waals surface area contributed by atoms with Gasteiger partial charge in [-0.15, -0.1) is 0 Å². The summed E-state index contributed by atoms with van der Waals surface area (Å²) in [6, 6.07) is 12.6. The quantitative estimate of drug-likeness (QED) is 0.922. The average molecular weight is 288 g/mol. The van der Waals surface area contributed by atoms with Crippen molar-refractivity contribution in [2.45, 2.75) is 44.8 Å². The summed E-state index contributed by atoms with van der Waals surface area (Å²) in [5.74, 6) is 0.745. The first-order chi connectivity index (χ1) is 10.2. The second kappa shape index (κ2) is 6.91. The van der Waals surface area contributed by atoms with E-state index in [2.05, 4.69) is 54.4 Å². The van der Waals surface area contributed by atoms with Gasteiger partial charge in [-0.1, -0.05) is 44.2 Å². The summed E-state index contributed by atoms with van der Waals surface area (Å²) < 4.78 is 5.64. The second-order valence-electron chi connectivity index (χ2n) is 6.87. The molecule has 0 spiro atoms. The van der Waals surface area contributed by atoms with E-state index in [1.807, 2.05) is 0 Å². The highest BCUT2D eigenvalue weighted by atomic mass is 16.5. The van der Waals surface area contributed by atoms with Gasteiger partial charge in [0.05, 0.1) is 6.61 Å². The van der Waals surface area contributed by atoms with E-state index in [9.17, 15) is 0 Å². The molecular formula is C18H28N2O. The molecule has 2 saturated heterocycles. The Morgan fingerprint density at radius 1 is 1.29 bits per heavy atom. The standard InChI is InChI=1S/C18H28N2O/c1-14(2)10-17-11-19-18(15-6-4-3-5-7-15)12-20(17)16-8-9-21-13-16/h3-7,14,16-19H,8-13H2,1-2H3. The van der Waals surface area contributed by atoms with Crippen molar-refractivity contribution in [2.75, 3.05) is 26.3 Å². The molecular weight excluding hydrogens is 260 g/mol. The molecule has 2 aliphatic heterocycles. The van der Waals surface area contributed by atoms with Crippen LogP contribution in [0.1, 0.15) is 38.3 Å². The van der Waals surface area contributed by atoms with E-state index in [-0.39, 0.29) is 0 Å². The molecule has 1 aromatic rings. The first-order valence-corrected chi connectivity index (χ1v) is 8.36. The summed E-state index contributed by atoms with van der Waals surface area (Å²) >= 11 is 0. The summed E-state index contributed by atoms with van der Waals surface area (Å²) in [5.41, 5.74) is 1.41. The van der Waals surface area contributed by atoms with E-state index in [1.54, 1.807) is 0 Å². The Balaban J connectivity index is 1.72. The van der Waals surface area contributed by atoms with Gasteiger partial charge in [0.25, 0.3) is 0 Å². The fourth-order valence-electron chi connectivity index (χ4n) is 3.72. The van der Waals surface area contributed by atoms with Crippen molar-refractivity contribution in [1.29, 1.82) is 0 Å². The molecule has 3 nitrogen and oxygen atoms in total. The van der Waals surface area contributed by atoms with E-state index < -0.39 is 0 Å². The van der Waals surface area contributed by atoms with Crippen molar-refractivity contribution < 1.29 is 4.74 Å². The molecule has 2 fully saturated rings. The van der Waals surface area contributed by atoms with Gasteiger partial charge in [0.15, 0.2) is 0 Å².